The molecule has 4 aromatic rings. The quantitative estimate of drug-likeness (QED) is 0.320. The van der Waals surface area contributed by atoms with Crippen LogP contribution in [0.5, 0.6) is 5.75 Å². The van der Waals surface area contributed by atoms with Gasteiger partial charge < -0.3 is 14.8 Å². The molecule has 1 aromatic heterocycles. The first kappa shape index (κ1) is 23.8. The second-order valence-electron chi connectivity index (χ2n) is 8.68. The third-order valence-electron chi connectivity index (χ3n) is 5.86. The van der Waals surface area contributed by atoms with Gasteiger partial charge in [-0.25, -0.2) is 18.0 Å². The van der Waals surface area contributed by atoms with Crippen LogP contribution in [0.2, 0.25) is 0 Å². The molecule has 3 aromatic carbocycles. The lowest BCUT2D eigenvalue weighted by Gasteiger charge is -2.26. The molecular formula is C26H18F4N2O3. The summed E-state index contributed by atoms with van der Waals surface area (Å²) in [5.41, 5.74) is -0.409. The van der Waals surface area contributed by atoms with Gasteiger partial charge in [0.2, 0.25) is 5.82 Å². The molecular weight excluding hydrogens is 464 g/mol. The number of nitriles is 1. The van der Waals surface area contributed by atoms with Crippen molar-refractivity contribution in [3.8, 4) is 28.6 Å². The van der Waals surface area contributed by atoms with Crippen molar-refractivity contribution >= 4 is 16.9 Å². The molecule has 0 radical (unpaired) electrons. The summed E-state index contributed by atoms with van der Waals surface area (Å²) in [7, 11) is 0. The van der Waals surface area contributed by atoms with Crippen molar-refractivity contribution in [1.29, 1.82) is 5.26 Å². The average Bonchev–Trinajstić information content (AvgIpc) is 3.15. The summed E-state index contributed by atoms with van der Waals surface area (Å²) >= 11 is 0. The Morgan fingerprint density at radius 1 is 1.00 bits per heavy atom. The second kappa shape index (κ2) is 8.47. The smallest absolute Gasteiger partial charge is 0.335 e. The van der Waals surface area contributed by atoms with Gasteiger partial charge in [0.1, 0.15) is 0 Å². The number of aromatic nitrogens is 1. The number of halogens is 4. The number of aromatic carboxylic acids is 1. The Hall–Kier alpha value is -4.32. The van der Waals surface area contributed by atoms with Crippen molar-refractivity contribution in [2.75, 3.05) is 0 Å². The van der Waals surface area contributed by atoms with Crippen LogP contribution in [0.25, 0.3) is 27.7 Å². The summed E-state index contributed by atoms with van der Waals surface area (Å²) < 4.78 is 58.4. The van der Waals surface area contributed by atoms with Crippen LogP contribution in [0, 0.1) is 34.6 Å². The number of hydrogen-bond acceptors (Lipinski definition) is 3. The zero-order valence-corrected chi connectivity index (χ0v) is 18.5. The normalized spacial score (nSPS) is 11.6. The van der Waals surface area contributed by atoms with E-state index in [9.17, 15) is 37.8 Å². The van der Waals surface area contributed by atoms with Crippen LogP contribution in [0.1, 0.15) is 36.3 Å². The van der Waals surface area contributed by atoms with E-state index in [0.29, 0.717) is 0 Å². The molecule has 0 fully saturated rings. The lowest BCUT2D eigenvalue weighted by atomic mass is 9.82. The van der Waals surface area contributed by atoms with E-state index in [1.807, 2.05) is 0 Å². The highest BCUT2D eigenvalue weighted by atomic mass is 19.2. The molecule has 2 N–H and O–H groups in total. The summed E-state index contributed by atoms with van der Waals surface area (Å²) in [6.45, 7) is 3.36. The number of fused-ring (bicyclic) bond motifs is 1. The maximum Gasteiger partial charge on any atom is 0.335 e. The van der Waals surface area contributed by atoms with Gasteiger partial charge in [-0.1, -0.05) is 19.9 Å². The zero-order chi connectivity index (χ0) is 25.7. The van der Waals surface area contributed by atoms with E-state index in [4.69, 9.17) is 0 Å². The van der Waals surface area contributed by atoms with Gasteiger partial charge in [0.15, 0.2) is 23.2 Å². The standard InChI is InChI=1S/C26H18F4N2O3/c1-26(2,9-10-31)24-20(14-5-8-17(27)18(28)11-14)16-12-19(29)21(30)23(33)22(16)32(24)15-6-3-13(4-7-15)25(34)35/h3-8,11-12,33H,9H2,1-2H3,(H,34,35). The molecule has 0 saturated carbocycles. The van der Waals surface area contributed by atoms with Crippen LogP contribution in [-0.4, -0.2) is 20.7 Å². The molecule has 0 aliphatic rings. The summed E-state index contributed by atoms with van der Waals surface area (Å²) in [5, 5.41) is 29.4. The van der Waals surface area contributed by atoms with Crippen molar-refractivity contribution in [3.63, 3.8) is 0 Å². The summed E-state index contributed by atoms with van der Waals surface area (Å²) in [6.07, 6.45) is -0.0844. The van der Waals surface area contributed by atoms with E-state index in [1.165, 1.54) is 34.9 Å². The first-order chi connectivity index (χ1) is 16.5. The number of carboxylic acid groups (broad SMARTS) is 1. The molecule has 0 aliphatic carbocycles. The van der Waals surface area contributed by atoms with Gasteiger partial charge in [-0.15, -0.1) is 0 Å². The SMILES string of the molecule is CC(C)(CC#N)c1c(-c2ccc(F)c(F)c2)c2cc(F)c(F)c(O)c2n1-c1ccc(C(=O)O)cc1. The maximum absolute atomic E-state index is 14.6. The number of phenols is 1. The summed E-state index contributed by atoms with van der Waals surface area (Å²) in [4.78, 5) is 11.3. The number of carbonyl (C=O) groups is 1. The Morgan fingerprint density at radius 3 is 2.23 bits per heavy atom. The largest absolute Gasteiger partial charge is 0.503 e. The number of carboxylic acids is 1. The number of aromatic hydroxyl groups is 1. The fraction of sp³-hybridized carbons (Fsp3) is 0.154. The summed E-state index contributed by atoms with van der Waals surface area (Å²) in [5.74, 6) is -7.37. The third kappa shape index (κ3) is 3.87. The molecule has 1 heterocycles. The van der Waals surface area contributed by atoms with Gasteiger partial charge in [-0.05, 0) is 48.0 Å². The molecule has 178 valence electrons. The molecule has 0 spiro atoms. The number of nitrogens with zero attached hydrogens (tertiary/aromatic N) is 2. The predicted octanol–water partition coefficient (Wildman–Crippen LogP) is 6.45. The highest BCUT2D eigenvalue weighted by Gasteiger charge is 2.34. The van der Waals surface area contributed by atoms with Crippen LogP contribution >= 0.6 is 0 Å². The number of hydrogen-bond donors (Lipinski definition) is 2. The van der Waals surface area contributed by atoms with Crippen molar-refractivity contribution in [2.45, 2.75) is 25.7 Å². The van der Waals surface area contributed by atoms with E-state index >= 15 is 0 Å². The lowest BCUT2D eigenvalue weighted by molar-refractivity contribution is 0.0697. The topological polar surface area (TPSA) is 86.2 Å². The van der Waals surface area contributed by atoms with Crippen LogP contribution in [0.15, 0.2) is 48.5 Å². The van der Waals surface area contributed by atoms with Crippen LogP contribution in [-0.2, 0) is 5.41 Å². The number of benzene rings is 3. The average molecular weight is 482 g/mol. The van der Waals surface area contributed by atoms with Crippen LogP contribution < -0.4 is 0 Å². The Morgan fingerprint density at radius 2 is 1.66 bits per heavy atom. The van der Waals surface area contributed by atoms with Crippen LogP contribution in [0.4, 0.5) is 17.6 Å². The monoisotopic (exact) mass is 482 g/mol. The first-order valence-electron chi connectivity index (χ1n) is 10.4. The molecule has 0 saturated heterocycles. The highest BCUT2D eigenvalue weighted by Crippen LogP contribution is 2.47. The minimum atomic E-state index is -1.51. The third-order valence-corrected chi connectivity index (χ3v) is 5.86. The molecule has 0 unspecified atom stereocenters. The molecule has 9 heteroatoms. The Kier molecular flexibility index (Phi) is 5.77. The lowest BCUT2D eigenvalue weighted by Crippen LogP contribution is -2.22. The Balaban J connectivity index is 2.24. The first-order valence-corrected chi connectivity index (χ1v) is 10.4. The van der Waals surface area contributed by atoms with E-state index < -0.39 is 40.4 Å². The van der Waals surface area contributed by atoms with Gasteiger partial charge >= 0.3 is 5.97 Å². The predicted molar refractivity (Wildman–Crippen MR) is 120 cm³/mol. The maximum atomic E-state index is 14.6. The van der Waals surface area contributed by atoms with Gasteiger partial charge in [-0.3, -0.25) is 0 Å². The van der Waals surface area contributed by atoms with Crippen LogP contribution in [0.3, 0.4) is 0 Å². The molecule has 4 rings (SSSR count). The summed E-state index contributed by atoms with van der Waals surface area (Å²) in [6, 6.07) is 11.3. The Labute approximate surface area is 197 Å². The minimum Gasteiger partial charge on any atom is -0.503 e. The molecule has 0 amide bonds. The van der Waals surface area contributed by atoms with Crippen molar-refractivity contribution < 1.29 is 32.6 Å². The number of phenolic OH excluding ortho intramolecular Hbond substituents is 1. The van der Waals surface area contributed by atoms with E-state index in [0.717, 1.165) is 18.2 Å². The number of rotatable bonds is 5. The highest BCUT2D eigenvalue weighted by molar-refractivity contribution is 6.02. The molecule has 0 bridgehead atoms. The Bertz CT molecular complexity index is 1530. The minimum absolute atomic E-state index is 0.00395. The molecule has 35 heavy (non-hydrogen) atoms. The van der Waals surface area contributed by atoms with E-state index in [-0.39, 0.29) is 45.4 Å². The van der Waals surface area contributed by atoms with E-state index in [2.05, 4.69) is 6.07 Å². The van der Waals surface area contributed by atoms with Crippen molar-refractivity contribution in [2.24, 2.45) is 0 Å². The fourth-order valence-corrected chi connectivity index (χ4v) is 4.25. The van der Waals surface area contributed by atoms with Gasteiger partial charge in [0.25, 0.3) is 0 Å². The second-order valence-corrected chi connectivity index (χ2v) is 8.68. The van der Waals surface area contributed by atoms with Gasteiger partial charge in [0.05, 0.1) is 17.1 Å². The van der Waals surface area contributed by atoms with Crippen molar-refractivity contribution in [1.82, 2.24) is 4.57 Å². The van der Waals surface area contributed by atoms with Crippen molar-refractivity contribution in [3.05, 3.63) is 83.1 Å². The van der Waals surface area contributed by atoms with E-state index in [1.54, 1.807) is 13.8 Å². The molecule has 0 aliphatic heterocycles. The zero-order valence-electron chi connectivity index (χ0n) is 18.5. The molecule has 5 nitrogen and oxygen atoms in total. The fourth-order valence-electron chi connectivity index (χ4n) is 4.25. The van der Waals surface area contributed by atoms with Gasteiger partial charge in [-0.2, -0.15) is 9.65 Å². The molecule has 0 atom stereocenters. The van der Waals surface area contributed by atoms with Gasteiger partial charge in [0, 0.05) is 34.2 Å².